The molecule has 41 heavy (non-hydrogen) atoms. The van der Waals surface area contributed by atoms with E-state index in [2.05, 4.69) is 11.0 Å². The average molecular weight is 584 g/mol. The molecule has 0 atom stereocenters. The van der Waals surface area contributed by atoms with E-state index in [1.165, 1.54) is 0 Å². The molecule has 0 aliphatic rings. The number of carbonyl (C=O) groups is 2. The molecule has 0 saturated carbocycles. The van der Waals surface area contributed by atoms with Gasteiger partial charge < -0.3 is 14.6 Å². The quantitative estimate of drug-likeness (QED) is 0.172. The van der Waals surface area contributed by atoms with Gasteiger partial charge in [-0.25, -0.2) is 0 Å². The largest absolute Gasteiger partial charge is 0.378 e. The number of nitrogens with one attached hydrogen (secondary N) is 2. The lowest BCUT2D eigenvalue weighted by molar-refractivity contribution is 0.0754. The van der Waals surface area contributed by atoms with Gasteiger partial charge >= 0.3 is 0 Å². The number of anilines is 3. The van der Waals surface area contributed by atoms with Crippen LogP contribution in [0.25, 0.3) is 0 Å². The molecule has 9 heteroatoms. The molecule has 0 aliphatic carbocycles. The van der Waals surface area contributed by atoms with Crippen LogP contribution in [0.15, 0.2) is 127 Å². The molecule has 0 radical (unpaired) electrons. The van der Waals surface area contributed by atoms with Crippen molar-refractivity contribution in [3.8, 4) is 11.5 Å². The molecule has 0 bridgehead atoms. The van der Waals surface area contributed by atoms with Crippen LogP contribution in [0, 0.1) is 0 Å². The number of carbonyl (C=O) groups excluding carboxylic acids is 2. The van der Waals surface area contributed by atoms with Gasteiger partial charge in [0.1, 0.15) is 0 Å². The third kappa shape index (κ3) is 6.78. The summed E-state index contributed by atoms with van der Waals surface area (Å²) in [6, 6.07) is 37.6. The summed E-state index contributed by atoms with van der Waals surface area (Å²) < 4.78 is 0. The van der Waals surface area contributed by atoms with Crippen LogP contribution >= 0.6 is 23.2 Å². The maximum Gasteiger partial charge on any atom is 0.283 e. The molecule has 0 heterocycles. The SMILES string of the molecule is O=C(NOc1ccccc1Cl)c1ccc(N(c2ccccc2)c2ccc(C(=O)NOc3ccccc3Cl)cc2)cc1. The van der Waals surface area contributed by atoms with Gasteiger partial charge in [-0.15, -0.1) is 0 Å². The van der Waals surface area contributed by atoms with Gasteiger partial charge in [0, 0.05) is 28.2 Å². The zero-order valence-corrected chi connectivity index (χ0v) is 23.0. The molecule has 2 N–H and O–H groups in total. The van der Waals surface area contributed by atoms with Gasteiger partial charge in [0.2, 0.25) is 0 Å². The number of rotatable bonds is 9. The molecule has 5 aromatic carbocycles. The van der Waals surface area contributed by atoms with Crippen LogP contribution in [0.3, 0.4) is 0 Å². The van der Waals surface area contributed by atoms with Crippen LogP contribution in [0.4, 0.5) is 17.1 Å². The van der Waals surface area contributed by atoms with E-state index >= 15 is 0 Å². The topological polar surface area (TPSA) is 79.9 Å². The Kier molecular flexibility index (Phi) is 8.69. The minimum Gasteiger partial charge on any atom is -0.378 e. The normalized spacial score (nSPS) is 10.4. The van der Waals surface area contributed by atoms with Crippen molar-refractivity contribution in [2.75, 3.05) is 4.90 Å². The summed E-state index contributed by atoms with van der Waals surface area (Å²) >= 11 is 12.2. The number of para-hydroxylation sites is 3. The molecule has 0 unspecified atom stereocenters. The number of benzene rings is 5. The Hall–Kier alpha value is -4.98. The predicted octanol–water partition coefficient (Wildman–Crippen LogP) is 7.91. The van der Waals surface area contributed by atoms with E-state index in [1.807, 2.05) is 59.5 Å². The second-order valence-electron chi connectivity index (χ2n) is 8.69. The summed E-state index contributed by atoms with van der Waals surface area (Å²) in [5.41, 5.74) is 8.14. The minimum atomic E-state index is -0.419. The van der Waals surface area contributed by atoms with E-state index in [4.69, 9.17) is 32.9 Å². The van der Waals surface area contributed by atoms with Crippen molar-refractivity contribution in [2.45, 2.75) is 0 Å². The summed E-state index contributed by atoms with van der Waals surface area (Å²) in [5, 5.41) is 0.775. The van der Waals surface area contributed by atoms with Crippen LogP contribution in [-0.4, -0.2) is 11.8 Å². The molecule has 0 aliphatic heterocycles. The van der Waals surface area contributed by atoms with E-state index in [0.717, 1.165) is 17.1 Å². The molecule has 5 rings (SSSR count). The summed E-state index contributed by atoms with van der Waals surface area (Å²) in [4.78, 5) is 38.1. The molecular formula is C32H23Cl2N3O4. The van der Waals surface area contributed by atoms with Crippen molar-refractivity contribution in [1.82, 2.24) is 11.0 Å². The fraction of sp³-hybridized carbons (Fsp3) is 0. The number of hydrogen-bond acceptors (Lipinski definition) is 5. The molecule has 204 valence electrons. The molecule has 7 nitrogen and oxygen atoms in total. The highest BCUT2D eigenvalue weighted by atomic mass is 35.5. The zero-order chi connectivity index (χ0) is 28.6. The third-order valence-corrected chi connectivity index (χ3v) is 6.59. The van der Waals surface area contributed by atoms with Crippen LogP contribution in [-0.2, 0) is 0 Å². The number of halogens is 2. The number of hydrogen-bond donors (Lipinski definition) is 2. The molecule has 0 spiro atoms. The predicted molar refractivity (Wildman–Crippen MR) is 160 cm³/mol. The highest BCUT2D eigenvalue weighted by molar-refractivity contribution is 6.32. The molecule has 0 fully saturated rings. The number of nitrogens with zero attached hydrogens (tertiary/aromatic N) is 1. The highest BCUT2D eigenvalue weighted by Gasteiger charge is 2.15. The summed E-state index contributed by atoms with van der Waals surface area (Å²) in [7, 11) is 0. The third-order valence-electron chi connectivity index (χ3n) is 5.97. The smallest absolute Gasteiger partial charge is 0.283 e. The van der Waals surface area contributed by atoms with Crippen molar-refractivity contribution < 1.29 is 19.3 Å². The van der Waals surface area contributed by atoms with Crippen molar-refractivity contribution >= 4 is 52.1 Å². The van der Waals surface area contributed by atoms with Gasteiger partial charge in [-0.1, -0.05) is 65.7 Å². The van der Waals surface area contributed by atoms with E-state index in [-0.39, 0.29) is 0 Å². The Morgan fingerprint density at radius 1 is 0.488 bits per heavy atom. The number of amides is 2. The van der Waals surface area contributed by atoms with Crippen LogP contribution in [0.5, 0.6) is 11.5 Å². The first-order valence-corrected chi connectivity index (χ1v) is 13.2. The van der Waals surface area contributed by atoms with Gasteiger partial charge in [-0.05, 0) is 84.9 Å². The lowest BCUT2D eigenvalue weighted by atomic mass is 10.1. The number of hydroxylamine groups is 2. The first-order chi connectivity index (χ1) is 20.0. The van der Waals surface area contributed by atoms with E-state index in [0.29, 0.717) is 32.7 Å². The van der Waals surface area contributed by atoms with E-state index in [9.17, 15) is 9.59 Å². The minimum absolute atomic E-state index is 0.349. The van der Waals surface area contributed by atoms with Crippen molar-refractivity contribution in [1.29, 1.82) is 0 Å². The molecule has 5 aromatic rings. The average Bonchev–Trinajstić information content (AvgIpc) is 3.01. The fourth-order valence-electron chi connectivity index (χ4n) is 3.92. The van der Waals surface area contributed by atoms with Crippen LogP contribution in [0.1, 0.15) is 20.7 Å². The van der Waals surface area contributed by atoms with Crippen LogP contribution < -0.4 is 25.5 Å². The van der Waals surface area contributed by atoms with Gasteiger partial charge in [0.05, 0.1) is 10.0 Å². The highest BCUT2D eigenvalue weighted by Crippen LogP contribution is 2.34. The van der Waals surface area contributed by atoms with E-state index < -0.39 is 11.8 Å². The summed E-state index contributed by atoms with van der Waals surface area (Å²) in [6.45, 7) is 0. The standard InChI is InChI=1S/C32H23Cl2N3O4/c33-27-10-4-6-12-29(27)40-35-31(38)22-14-18-25(19-15-22)37(24-8-2-1-3-9-24)26-20-16-23(17-21-26)32(39)36-41-30-13-7-5-11-28(30)34/h1-21H,(H,35,38)(H,36,39). The van der Waals surface area contributed by atoms with Crippen molar-refractivity contribution in [3.05, 3.63) is 149 Å². The van der Waals surface area contributed by atoms with Gasteiger partial charge in [0.25, 0.3) is 11.8 Å². The maximum absolute atomic E-state index is 12.7. The van der Waals surface area contributed by atoms with Gasteiger partial charge in [0.15, 0.2) is 11.5 Å². The Labute approximate surface area is 246 Å². The molecular weight excluding hydrogens is 561 g/mol. The van der Waals surface area contributed by atoms with Gasteiger partial charge in [-0.3, -0.25) is 9.59 Å². The van der Waals surface area contributed by atoms with Gasteiger partial charge in [-0.2, -0.15) is 11.0 Å². The Morgan fingerprint density at radius 3 is 1.27 bits per heavy atom. The summed E-state index contributed by atoms with van der Waals surface area (Å²) in [5.74, 6) is -0.141. The molecule has 0 aromatic heterocycles. The lowest BCUT2D eigenvalue weighted by Crippen LogP contribution is -2.27. The molecule has 0 saturated heterocycles. The maximum atomic E-state index is 12.7. The second kappa shape index (κ2) is 12.9. The van der Waals surface area contributed by atoms with E-state index in [1.54, 1.807) is 72.8 Å². The fourth-order valence-corrected chi connectivity index (χ4v) is 4.27. The Bertz CT molecular complexity index is 1540. The second-order valence-corrected chi connectivity index (χ2v) is 9.51. The lowest BCUT2D eigenvalue weighted by Gasteiger charge is -2.25. The monoisotopic (exact) mass is 583 g/mol. The first kappa shape index (κ1) is 27.6. The van der Waals surface area contributed by atoms with Crippen molar-refractivity contribution in [3.63, 3.8) is 0 Å². The summed E-state index contributed by atoms with van der Waals surface area (Å²) in [6.07, 6.45) is 0. The van der Waals surface area contributed by atoms with Crippen molar-refractivity contribution in [2.24, 2.45) is 0 Å². The van der Waals surface area contributed by atoms with Crippen LogP contribution in [0.2, 0.25) is 10.0 Å². The molecule has 2 amide bonds. The first-order valence-electron chi connectivity index (χ1n) is 12.5. The Morgan fingerprint density at radius 2 is 0.854 bits per heavy atom. The Balaban J connectivity index is 1.32. The zero-order valence-electron chi connectivity index (χ0n) is 21.5.